The normalized spacial score (nSPS) is 13.3. The zero-order valence-electron chi connectivity index (χ0n) is 10.6. The lowest BCUT2D eigenvalue weighted by molar-refractivity contribution is 0.200. The van der Waals surface area contributed by atoms with Gasteiger partial charge in [-0.25, -0.2) is 0 Å². The maximum absolute atomic E-state index is 10.7. The van der Waals surface area contributed by atoms with E-state index in [1.165, 1.54) is 0 Å². The minimum atomic E-state index is -4.14. The summed E-state index contributed by atoms with van der Waals surface area (Å²) in [5, 5.41) is 9.64. The quantitative estimate of drug-likeness (QED) is 0.758. The van der Waals surface area contributed by atoms with Crippen molar-refractivity contribution in [2.24, 2.45) is 0 Å². The Hall–Kier alpha value is -1.11. The highest BCUT2D eigenvalue weighted by Gasteiger charge is 2.17. The molecule has 0 amide bonds. The van der Waals surface area contributed by atoms with Gasteiger partial charge in [-0.2, -0.15) is 8.42 Å². The second-order valence-electron chi connectivity index (χ2n) is 4.28. The summed E-state index contributed by atoms with van der Waals surface area (Å²) in [7, 11) is -4.14. The van der Waals surface area contributed by atoms with Crippen LogP contribution >= 0.6 is 0 Å². The molecule has 0 saturated heterocycles. The first-order chi connectivity index (χ1) is 8.31. The number of likely N-dealkylation sites (N-methyl/N-ethyl adjacent to an activating group) is 1. The highest BCUT2D eigenvalue weighted by molar-refractivity contribution is 7.85. The van der Waals surface area contributed by atoms with Gasteiger partial charge in [-0.15, -0.1) is 0 Å². The van der Waals surface area contributed by atoms with Crippen molar-refractivity contribution < 1.29 is 18.1 Å². The predicted octanol–water partition coefficient (Wildman–Crippen LogP) is 1.07. The van der Waals surface area contributed by atoms with Crippen molar-refractivity contribution in [2.45, 2.75) is 20.0 Å². The summed E-state index contributed by atoms with van der Waals surface area (Å²) in [6.45, 7) is 4.69. The molecule has 1 atom stereocenters. The van der Waals surface area contributed by atoms with Crippen molar-refractivity contribution in [3.05, 3.63) is 29.8 Å². The minimum Gasteiger partial charge on any atom is -0.390 e. The smallest absolute Gasteiger partial charge is 0.267 e. The third-order valence-electron chi connectivity index (χ3n) is 2.58. The zero-order valence-corrected chi connectivity index (χ0v) is 11.4. The first kappa shape index (κ1) is 14.9. The number of anilines is 1. The number of aliphatic hydroxyl groups is 1. The fourth-order valence-electron chi connectivity index (χ4n) is 1.79. The van der Waals surface area contributed by atoms with E-state index in [0.29, 0.717) is 6.54 Å². The maximum Gasteiger partial charge on any atom is 0.267 e. The molecule has 0 aromatic heterocycles. The van der Waals surface area contributed by atoms with E-state index in [1.807, 2.05) is 43.0 Å². The molecule has 0 fully saturated rings. The molecule has 1 rings (SSSR count). The summed E-state index contributed by atoms with van der Waals surface area (Å²) in [6, 6.07) is 7.73. The molecule has 0 radical (unpaired) electrons. The van der Waals surface area contributed by atoms with Crippen molar-refractivity contribution >= 4 is 15.8 Å². The van der Waals surface area contributed by atoms with Gasteiger partial charge in [0.25, 0.3) is 10.1 Å². The Morgan fingerprint density at radius 3 is 2.56 bits per heavy atom. The van der Waals surface area contributed by atoms with Gasteiger partial charge in [0.05, 0.1) is 6.10 Å². The van der Waals surface area contributed by atoms with Gasteiger partial charge in [-0.05, 0) is 31.5 Å². The molecule has 0 aliphatic heterocycles. The van der Waals surface area contributed by atoms with Gasteiger partial charge in [0.1, 0.15) is 5.75 Å². The van der Waals surface area contributed by atoms with E-state index in [1.54, 1.807) is 0 Å². The molecule has 18 heavy (non-hydrogen) atoms. The largest absolute Gasteiger partial charge is 0.390 e. The van der Waals surface area contributed by atoms with Crippen LogP contribution in [0.3, 0.4) is 0 Å². The topological polar surface area (TPSA) is 77.8 Å². The Morgan fingerprint density at radius 2 is 2.06 bits per heavy atom. The Labute approximate surface area is 108 Å². The summed E-state index contributed by atoms with van der Waals surface area (Å²) >= 11 is 0. The first-order valence-electron chi connectivity index (χ1n) is 5.76. The molecule has 6 heteroatoms. The van der Waals surface area contributed by atoms with Crippen LogP contribution in [0.2, 0.25) is 0 Å². The molecule has 0 aliphatic carbocycles. The average molecular weight is 273 g/mol. The van der Waals surface area contributed by atoms with Gasteiger partial charge in [0.2, 0.25) is 0 Å². The van der Waals surface area contributed by atoms with Gasteiger partial charge in [0.15, 0.2) is 0 Å². The van der Waals surface area contributed by atoms with Crippen LogP contribution in [0.1, 0.15) is 12.5 Å². The molecule has 0 heterocycles. The molecule has 102 valence electrons. The van der Waals surface area contributed by atoms with Crippen LogP contribution in [0.5, 0.6) is 0 Å². The van der Waals surface area contributed by atoms with E-state index in [2.05, 4.69) is 0 Å². The molecule has 0 saturated carbocycles. The Morgan fingerprint density at radius 1 is 1.39 bits per heavy atom. The summed E-state index contributed by atoms with van der Waals surface area (Å²) < 4.78 is 30.0. The van der Waals surface area contributed by atoms with Gasteiger partial charge in [-0.3, -0.25) is 4.55 Å². The van der Waals surface area contributed by atoms with Crippen LogP contribution in [-0.4, -0.2) is 43.0 Å². The number of aliphatic hydroxyl groups excluding tert-OH is 1. The molecule has 0 spiro atoms. The highest BCUT2D eigenvalue weighted by Crippen LogP contribution is 2.16. The third-order valence-corrected chi connectivity index (χ3v) is 3.39. The number of hydrogen-bond acceptors (Lipinski definition) is 4. The van der Waals surface area contributed by atoms with Crippen LogP contribution in [0.4, 0.5) is 5.69 Å². The molecule has 0 aliphatic rings. The molecular weight excluding hydrogens is 254 g/mol. The van der Waals surface area contributed by atoms with E-state index in [4.69, 9.17) is 4.55 Å². The Kier molecular flexibility index (Phi) is 5.13. The number of benzene rings is 1. The van der Waals surface area contributed by atoms with Crippen molar-refractivity contribution in [3.8, 4) is 0 Å². The van der Waals surface area contributed by atoms with E-state index in [-0.39, 0.29) is 6.54 Å². The van der Waals surface area contributed by atoms with Gasteiger partial charge in [0, 0.05) is 18.8 Å². The summed E-state index contributed by atoms with van der Waals surface area (Å²) in [4.78, 5) is 1.86. The van der Waals surface area contributed by atoms with Crippen LogP contribution in [0.15, 0.2) is 24.3 Å². The summed E-state index contributed by atoms with van der Waals surface area (Å²) in [5.41, 5.74) is 2.02. The van der Waals surface area contributed by atoms with Crippen molar-refractivity contribution in [3.63, 3.8) is 0 Å². The molecule has 5 nitrogen and oxygen atoms in total. The van der Waals surface area contributed by atoms with E-state index in [0.717, 1.165) is 11.3 Å². The molecule has 1 aromatic rings. The highest BCUT2D eigenvalue weighted by atomic mass is 32.2. The van der Waals surface area contributed by atoms with Crippen molar-refractivity contribution in [1.29, 1.82) is 0 Å². The fraction of sp³-hybridized carbons (Fsp3) is 0.500. The minimum absolute atomic E-state index is 0.166. The van der Waals surface area contributed by atoms with Gasteiger partial charge < -0.3 is 10.0 Å². The van der Waals surface area contributed by atoms with Gasteiger partial charge >= 0.3 is 0 Å². The van der Waals surface area contributed by atoms with Crippen LogP contribution < -0.4 is 4.90 Å². The predicted molar refractivity (Wildman–Crippen MR) is 71.5 cm³/mol. The molecule has 2 N–H and O–H groups in total. The molecule has 0 bridgehead atoms. The number of nitrogens with zero attached hydrogens (tertiary/aromatic N) is 1. The van der Waals surface area contributed by atoms with Crippen LogP contribution in [0.25, 0.3) is 0 Å². The van der Waals surface area contributed by atoms with E-state index >= 15 is 0 Å². The van der Waals surface area contributed by atoms with Crippen LogP contribution in [0, 0.1) is 6.92 Å². The van der Waals surface area contributed by atoms with E-state index < -0.39 is 22.0 Å². The lowest BCUT2D eigenvalue weighted by Gasteiger charge is -2.25. The summed E-state index contributed by atoms with van der Waals surface area (Å²) in [5.74, 6) is -0.644. The summed E-state index contributed by atoms with van der Waals surface area (Å²) in [6.07, 6.45) is -1.11. The van der Waals surface area contributed by atoms with Gasteiger partial charge in [-0.1, -0.05) is 12.1 Å². The van der Waals surface area contributed by atoms with Crippen LogP contribution in [-0.2, 0) is 10.1 Å². The second kappa shape index (κ2) is 6.17. The third kappa shape index (κ3) is 5.03. The maximum atomic E-state index is 10.7. The molecular formula is C12H19NO4S. The standard InChI is InChI=1S/C12H19NO4S/c1-3-13(8-12(14)9-18(15,16)17)11-6-4-5-10(2)7-11/h4-7,12,14H,3,8-9H2,1-2H3,(H,15,16,17). The molecule has 1 unspecified atom stereocenters. The Balaban J connectivity index is 2.73. The SMILES string of the molecule is CCN(CC(O)CS(=O)(=O)O)c1cccc(C)c1. The Bertz CT molecular complexity index is 487. The number of hydrogen-bond donors (Lipinski definition) is 2. The second-order valence-corrected chi connectivity index (χ2v) is 5.78. The fourth-order valence-corrected chi connectivity index (χ4v) is 2.38. The van der Waals surface area contributed by atoms with Crippen molar-refractivity contribution in [2.75, 3.05) is 23.7 Å². The van der Waals surface area contributed by atoms with E-state index in [9.17, 15) is 13.5 Å². The lowest BCUT2D eigenvalue weighted by atomic mass is 10.2. The average Bonchev–Trinajstić information content (AvgIpc) is 2.23. The number of rotatable bonds is 6. The number of aryl methyl sites for hydroxylation is 1. The lowest BCUT2D eigenvalue weighted by Crippen LogP contribution is -2.36. The molecule has 1 aromatic carbocycles. The first-order valence-corrected chi connectivity index (χ1v) is 7.37. The zero-order chi connectivity index (χ0) is 13.8. The van der Waals surface area contributed by atoms with Crippen molar-refractivity contribution in [1.82, 2.24) is 0 Å². The monoisotopic (exact) mass is 273 g/mol.